The minimum atomic E-state index is -0.236. The summed E-state index contributed by atoms with van der Waals surface area (Å²) in [6.45, 7) is 1.86. The Morgan fingerprint density at radius 1 is 1.56 bits per heavy atom. The summed E-state index contributed by atoms with van der Waals surface area (Å²) < 4.78 is 0. The third-order valence-electron chi connectivity index (χ3n) is 2.60. The lowest BCUT2D eigenvalue weighted by atomic mass is 10.1. The van der Waals surface area contributed by atoms with Crippen LogP contribution in [0, 0.1) is 6.92 Å². The molecule has 0 fully saturated rings. The molecule has 100 valence electrons. The molecule has 1 unspecified atom stereocenters. The molecule has 1 aromatic rings. The number of carbonyl (C=O) groups is 1. The molecule has 0 aliphatic carbocycles. The van der Waals surface area contributed by atoms with Gasteiger partial charge in [0.1, 0.15) is 0 Å². The van der Waals surface area contributed by atoms with Gasteiger partial charge in [-0.25, -0.2) is 0 Å². The summed E-state index contributed by atoms with van der Waals surface area (Å²) in [6, 6.07) is 5.08. The number of nitrogens with one attached hydrogen (secondary N) is 1. The number of carbonyl (C=O) groups excluding carboxylic acids is 1. The Hall–Kier alpha value is -0.710. The van der Waals surface area contributed by atoms with Crippen LogP contribution in [-0.4, -0.2) is 35.7 Å². The van der Waals surface area contributed by atoms with Crippen LogP contribution in [0.1, 0.15) is 22.3 Å². The molecule has 0 saturated heterocycles. The molecule has 0 radical (unpaired) electrons. The number of aliphatic hydroxyl groups is 1. The van der Waals surface area contributed by atoms with E-state index < -0.39 is 0 Å². The van der Waals surface area contributed by atoms with Crippen molar-refractivity contribution in [1.82, 2.24) is 5.32 Å². The van der Waals surface area contributed by atoms with Crippen molar-refractivity contribution in [3.63, 3.8) is 0 Å². The van der Waals surface area contributed by atoms with Crippen molar-refractivity contribution < 1.29 is 9.90 Å². The summed E-state index contributed by atoms with van der Waals surface area (Å²) in [7, 11) is 0. The van der Waals surface area contributed by atoms with E-state index in [-0.39, 0.29) is 18.6 Å². The van der Waals surface area contributed by atoms with Gasteiger partial charge in [0.25, 0.3) is 5.91 Å². The molecule has 18 heavy (non-hydrogen) atoms. The number of rotatable bonds is 6. The average Bonchev–Trinajstić information content (AvgIpc) is 2.34. The maximum atomic E-state index is 12.0. The highest BCUT2D eigenvalue weighted by Crippen LogP contribution is 2.17. The summed E-state index contributed by atoms with van der Waals surface area (Å²) in [6.07, 6.45) is 2.74. The molecule has 0 aromatic heterocycles. The smallest absolute Gasteiger partial charge is 0.253 e. The first-order chi connectivity index (χ1) is 8.58. The van der Waals surface area contributed by atoms with Gasteiger partial charge in [0, 0.05) is 0 Å². The number of thioether (sulfide) groups is 1. The van der Waals surface area contributed by atoms with E-state index >= 15 is 0 Å². The second-order valence-electron chi connectivity index (χ2n) is 4.12. The van der Waals surface area contributed by atoms with E-state index in [1.165, 1.54) is 0 Å². The van der Waals surface area contributed by atoms with Gasteiger partial charge in [-0.05, 0) is 43.0 Å². The molecule has 1 atom stereocenters. The highest BCUT2D eigenvalue weighted by Gasteiger charge is 2.15. The van der Waals surface area contributed by atoms with Gasteiger partial charge in [-0.15, -0.1) is 0 Å². The fourth-order valence-electron chi connectivity index (χ4n) is 1.54. The monoisotopic (exact) mass is 287 g/mol. The van der Waals surface area contributed by atoms with Crippen molar-refractivity contribution >= 4 is 29.3 Å². The van der Waals surface area contributed by atoms with Crippen molar-refractivity contribution in [3.05, 3.63) is 34.3 Å². The summed E-state index contributed by atoms with van der Waals surface area (Å²) >= 11 is 7.71. The Kier molecular flexibility index (Phi) is 6.54. The molecule has 0 spiro atoms. The molecule has 3 nitrogen and oxygen atoms in total. The molecule has 1 amide bonds. The first-order valence-corrected chi connectivity index (χ1v) is 7.52. The number of benzene rings is 1. The third kappa shape index (κ3) is 4.52. The van der Waals surface area contributed by atoms with Crippen molar-refractivity contribution in [2.45, 2.75) is 19.4 Å². The predicted octanol–water partition coefficient (Wildman–Crippen LogP) is 2.49. The van der Waals surface area contributed by atoms with Crippen molar-refractivity contribution in [2.75, 3.05) is 18.6 Å². The molecule has 0 aliphatic rings. The topological polar surface area (TPSA) is 49.3 Å². The maximum Gasteiger partial charge on any atom is 0.253 e. The van der Waals surface area contributed by atoms with Gasteiger partial charge in [-0.2, -0.15) is 11.8 Å². The lowest BCUT2D eigenvalue weighted by molar-refractivity contribution is 0.0915. The lowest BCUT2D eigenvalue weighted by Gasteiger charge is -2.16. The Bertz CT molecular complexity index is 412. The van der Waals surface area contributed by atoms with Crippen molar-refractivity contribution in [3.8, 4) is 0 Å². The van der Waals surface area contributed by atoms with E-state index in [0.717, 1.165) is 17.7 Å². The zero-order chi connectivity index (χ0) is 13.5. The third-order valence-corrected chi connectivity index (χ3v) is 3.55. The summed E-state index contributed by atoms with van der Waals surface area (Å²) in [5.74, 6) is 0.660. The normalized spacial score (nSPS) is 12.2. The predicted molar refractivity (Wildman–Crippen MR) is 77.5 cm³/mol. The maximum absolute atomic E-state index is 12.0. The second kappa shape index (κ2) is 7.67. The first kappa shape index (κ1) is 15.3. The fraction of sp³-hybridized carbons (Fsp3) is 0.462. The van der Waals surface area contributed by atoms with E-state index in [1.807, 2.05) is 19.2 Å². The minimum absolute atomic E-state index is 0.0597. The number of hydrogen-bond acceptors (Lipinski definition) is 3. The van der Waals surface area contributed by atoms with Crippen LogP contribution in [-0.2, 0) is 0 Å². The molecular weight excluding hydrogens is 270 g/mol. The molecule has 2 N–H and O–H groups in total. The van der Waals surface area contributed by atoms with E-state index in [2.05, 4.69) is 5.32 Å². The molecule has 0 heterocycles. The van der Waals surface area contributed by atoms with Crippen molar-refractivity contribution in [2.24, 2.45) is 0 Å². The highest BCUT2D eigenvalue weighted by molar-refractivity contribution is 7.98. The molecule has 0 aliphatic heterocycles. The number of halogens is 1. The SMILES string of the molecule is CSCCC(CO)NC(=O)c1ccc(C)cc1Cl. The zero-order valence-electron chi connectivity index (χ0n) is 10.6. The average molecular weight is 288 g/mol. The van der Waals surface area contributed by atoms with Crippen LogP contribution < -0.4 is 5.32 Å². The number of hydrogen-bond donors (Lipinski definition) is 2. The van der Waals surface area contributed by atoms with Crippen LogP contribution >= 0.6 is 23.4 Å². The first-order valence-electron chi connectivity index (χ1n) is 5.75. The number of amides is 1. The Morgan fingerprint density at radius 2 is 2.28 bits per heavy atom. The lowest BCUT2D eigenvalue weighted by Crippen LogP contribution is -2.38. The van der Waals surface area contributed by atoms with Crippen LogP contribution in [0.2, 0.25) is 5.02 Å². The summed E-state index contributed by atoms with van der Waals surface area (Å²) in [4.78, 5) is 12.0. The van der Waals surface area contributed by atoms with E-state index in [9.17, 15) is 9.90 Å². The summed E-state index contributed by atoms with van der Waals surface area (Å²) in [5, 5.41) is 12.4. The van der Waals surface area contributed by atoms with Gasteiger partial charge < -0.3 is 10.4 Å². The molecule has 5 heteroatoms. The number of aliphatic hydroxyl groups excluding tert-OH is 1. The summed E-state index contributed by atoms with van der Waals surface area (Å²) in [5.41, 5.74) is 1.46. The zero-order valence-corrected chi connectivity index (χ0v) is 12.1. The van der Waals surface area contributed by atoms with E-state index in [1.54, 1.807) is 23.9 Å². The van der Waals surface area contributed by atoms with Crippen LogP contribution in [0.4, 0.5) is 0 Å². The van der Waals surface area contributed by atoms with Crippen molar-refractivity contribution in [1.29, 1.82) is 0 Å². The standard InChI is InChI=1S/C13H18ClNO2S/c1-9-3-4-11(12(14)7-9)13(17)15-10(8-16)5-6-18-2/h3-4,7,10,16H,5-6,8H2,1-2H3,(H,15,17). The van der Waals surface area contributed by atoms with Gasteiger partial charge in [-0.1, -0.05) is 17.7 Å². The van der Waals surface area contributed by atoms with E-state index in [4.69, 9.17) is 11.6 Å². The number of aryl methyl sites for hydroxylation is 1. The van der Waals surface area contributed by atoms with Gasteiger partial charge in [-0.3, -0.25) is 4.79 Å². The van der Waals surface area contributed by atoms with E-state index in [0.29, 0.717) is 10.6 Å². The Labute approximate surface area is 117 Å². The van der Waals surface area contributed by atoms with Crippen LogP contribution in [0.15, 0.2) is 18.2 Å². The Balaban J connectivity index is 2.68. The molecule has 0 saturated carbocycles. The van der Waals surface area contributed by atoms with Gasteiger partial charge in [0.05, 0.1) is 23.2 Å². The molecule has 0 bridgehead atoms. The molecule has 1 aromatic carbocycles. The van der Waals surface area contributed by atoms with Crippen LogP contribution in [0.25, 0.3) is 0 Å². The largest absolute Gasteiger partial charge is 0.394 e. The quantitative estimate of drug-likeness (QED) is 0.845. The second-order valence-corrected chi connectivity index (χ2v) is 5.51. The minimum Gasteiger partial charge on any atom is -0.394 e. The Morgan fingerprint density at radius 3 is 2.83 bits per heavy atom. The van der Waals surface area contributed by atoms with Gasteiger partial charge in [0.15, 0.2) is 0 Å². The van der Waals surface area contributed by atoms with Gasteiger partial charge in [0.2, 0.25) is 0 Å². The fourth-order valence-corrected chi connectivity index (χ4v) is 2.38. The van der Waals surface area contributed by atoms with Gasteiger partial charge >= 0.3 is 0 Å². The van der Waals surface area contributed by atoms with Crippen LogP contribution in [0.5, 0.6) is 0 Å². The van der Waals surface area contributed by atoms with Crippen LogP contribution in [0.3, 0.4) is 0 Å². The highest BCUT2D eigenvalue weighted by atomic mass is 35.5. The molecule has 1 rings (SSSR count). The molecular formula is C13H18ClNO2S.